The van der Waals surface area contributed by atoms with Crippen LogP contribution in [0.3, 0.4) is 0 Å². The lowest BCUT2D eigenvalue weighted by atomic mass is 10.2. The number of halogens is 1. The molecule has 0 aliphatic carbocycles. The van der Waals surface area contributed by atoms with Gasteiger partial charge >= 0.3 is 0 Å². The summed E-state index contributed by atoms with van der Waals surface area (Å²) in [5.74, 6) is 4.24. The summed E-state index contributed by atoms with van der Waals surface area (Å²) < 4.78 is 0.807. The fourth-order valence-corrected chi connectivity index (χ4v) is 1.66. The Balaban J connectivity index is 2.34. The van der Waals surface area contributed by atoms with Gasteiger partial charge in [0.15, 0.2) is 0 Å². The van der Waals surface area contributed by atoms with Gasteiger partial charge in [0.05, 0.1) is 0 Å². The fourth-order valence-electron chi connectivity index (χ4n) is 1.19. The number of unbranched alkanes of at least 4 members (excludes halogenated alkanes) is 2. The summed E-state index contributed by atoms with van der Waals surface area (Å²) in [6.07, 6.45) is 8.12. The van der Waals surface area contributed by atoms with Gasteiger partial charge in [0.2, 0.25) is 0 Å². The highest BCUT2D eigenvalue weighted by Crippen LogP contribution is 2.11. The molecular weight excluding hydrogens is 254 g/mol. The maximum absolute atomic E-state index is 5.16. The Morgan fingerprint density at radius 3 is 2.93 bits per heavy atom. The Kier molecular flexibility index (Phi) is 5.13. The number of rotatable bonds is 5. The summed E-state index contributed by atoms with van der Waals surface area (Å²) in [5, 5.41) is 3.24. The molecule has 0 aromatic carbocycles. The van der Waals surface area contributed by atoms with Crippen molar-refractivity contribution >= 4 is 21.7 Å². The van der Waals surface area contributed by atoms with Crippen LogP contribution in [0, 0.1) is 19.3 Å². The van der Waals surface area contributed by atoms with Crippen molar-refractivity contribution in [3.8, 4) is 12.3 Å². The van der Waals surface area contributed by atoms with Gasteiger partial charge in [-0.1, -0.05) is 0 Å². The third kappa shape index (κ3) is 4.80. The van der Waals surface area contributed by atoms with Gasteiger partial charge in [-0.15, -0.1) is 12.3 Å². The van der Waals surface area contributed by atoms with Crippen LogP contribution in [0.2, 0.25) is 0 Å². The van der Waals surface area contributed by atoms with Gasteiger partial charge < -0.3 is 5.32 Å². The van der Waals surface area contributed by atoms with Crippen LogP contribution in [0.15, 0.2) is 10.7 Å². The maximum atomic E-state index is 5.16. The molecule has 4 heteroatoms. The van der Waals surface area contributed by atoms with Crippen molar-refractivity contribution < 1.29 is 0 Å². The van der Waals surface area contributed by atoms with Gasteiger partial charge in [-0.25, -0.2) is 9.97 Å². The van der Waals surface area contributed by atoms with Crippen molar-refractivity contribution in [3.05, 3.63) is 16.5 Å². The number of nitrogens with one attached hydrogen (secondary N) is 1. The highest BCUT2D eigenvalue weighted by atomic mass is 79.9. The van der Waals surface area contributed by atoms with Crippen molar-refractivity contribution in [2.75, 3.05) is 11.9 Å². The largest absolute Gasteiger partial charge is 0.370 e. The lowest BCUT2D eigenvalue weighted by molar-refractivity contribution is 0.786. The molecule has 0 aliphatic rings. The van der Waals surface area contributed by atoms with Gasteiger partial charge in [-0.2, -0.15) is 0 Å². The second-order valence-electron chi connectivity index (χ2n) is 3.21. The molecule has 0 atom stereocenters. The minimum atomic E-state index is 0.760. The molecule has 0 amide bonds. The zero-order valence-corrected chi connectivity index (χ0v) is 10.3. The van der Waals surface area contributed by atoms with Crippen LogP contribution in [0.5, 0.6) is 0 Å². The van der Waals surface area contributed by atoms with Gasteiger partial charge in [-0.05, 0) is 35.7 Å². The minimum Gasteiger partial charge on any atom is -0.370 e. The number of terminal acetylenes is 1. The average Bonchev–Trinajstić information content (AvgIpc) is 2.16. The van der Waals surface area contributed by atoms with Gasteiger partial charge in [0.25, 0.3) is 0 Å². The number of aromatic nitrogens is 2. The van der Waals surface area contributed by atoms with Crippen molar-refractivity contribution in [1.82, 2.24) is 9.97 Å². The van der Waals surface area contributed by atoms with Gasteiger partial charge in [0.1, 0.15) is 16.2 Å². The molecule has 0 fully saturated rings. The molecule has 0 saturated heterocycles. The Morgan fingerprint density at radius 2 is 2.27 bits per heavy atom. The molecule has 15 heavy (non-hydrogen) atoms. The molecular formula is C11H14BrN3. The summed E-state index contributed by atoms with van der Waals surface area (Å²) in [6, 6.07) is 1.87. The first-order valence-corrected chi connectivity index (χ1v) is 5.70. The van der Waals surface area contributed by atoms with Crippen molar-refractivity contribution in [3.63, 3.8) is 0 Å². The summed E-state index contributed by atoms with van der Waals surface area (Å²) in [4.78, 5) is 8.39. The third-order valence-corrected chi connectivity index (χ3v) is 2.27. The zero-order valence-electron chi connectivity index (χ0n) is 8.76. The van der Waals surface area contributed by atoms with E-state index in [1.807, 2.05) is 13.0 Å². The fraction of sp³-hybridized carbons (Fsp3) is 0.455. The van der Waals surface area contributed by atoms with Crippen LogP contribution in [-0.4, -0.2) is 16.5 Å². The molecule has 0 unspecified atom stereocenters. The number of hydrogen-bond donors (Lipinski definition) is 1. The average molecular weight is 268 g/mol. The third-order valence-electron chi connectivity index (χ3n) is 1.86. The molecule has 0 radical (unpaired) electrons. The molecule has 1 N–H and O–H groups in total. The predicted octanol–water partition coefficient (Wildman–Crippen LogP) is 2.76. The van der Waals surface area contributed by atoms with Gasteiger partial charge in [-0.3, -0.25) is 0 Å². The topological polar surface area (TPSA) is 37.8 Å². The van der Waals surface area contributed by atoms with E-state index in [9.17, 15) is 0 Å². The van der Waals surface area contributed by atoms with Crippen LogP contribution in [0.4, 0.5) is 5.82 Å². The molecule has 1 heterocycles. The van der Waals surface area contributed by atoms with E-state index in [0.717, 1.165) is 42.1 Å². The van der Waals surface area contributed by atoms with Crippen LogP contribution < -0.4 is 5.32 Å². The number of hydrogen-bond acceptors (Lipinski definition) is 3. The normalized spacial score (nSPS) is 9.67. The molecule has 0 saturated carbocycles. The quantitative estimate of drug-likeness (QED) is 0.507. The molecule has 3 nitrogen and oxygen atoms in total. The lowest BCUT2D eigenvalue weighted by Gasteiger charge is -2.05. The SMILES string of the molecule is C#CCCCCNc1cc(Br)nc(C)n1. The molecule has 0 aliphatic heterocycles. The number of aryl methyl sites for hydroxylation is 1. The van der Waals surface area contributed by atoms with Crippen LogP contribution in [-0.2, 0) is 0 Å². The Morgan fingerprint density at radius 1 is 1.47 bits per heavy atom. The van der Waals surface area contributed by atoms with Crippen LogP contribution in [0.1, 0.15) is 25.1 Å². The van der Waals surface area contributed by atoms with Crippen molar-refractivity contribution in [1.29, 1.82) is 0 Å². The predicted molar refractivity (Wildman–Crippen MR) is 65.6 cm³/mol. The Hall–Kier alpha value is -1.08. The molecule has 1 aromatic heterocycles. The number of anilines is 1. The highest BCUT2D eigenvalue weighted by molar-refractivity contribution is 9.10. The summed E-state index contributed by atoms with van der Waals surface area (Å²) in [7, 11) is 0. The van der Waals surface area contributed by atoms with E-state index in [1.165, 1.54) is 0 Å². The molecule has 0 spiro atoms. The lowest BCUT2D eigenvalue weighted by Crippen LogP contribution is -2.04. The van der Waals surface area contributed by atoms with E-state index < -0.39 is 0 Å². The summed E-state index contributed by atoms with van der Waals surface area (Å²) in [5.41, 5.74) is 0. The Bertz CT molecular complexity index is 337. The molecule has 1 aromatic rings. The molecule has 1 rings (SSSR count). The second kappa shape index (κ2) is 6.41. The summed E-state index contributed by atoms with van der Waals surface area (Å²) >= 11 is 3.33. The van der Waals surface area contributed by atoms with E-state index >= 15 is 0 Å². The smallest absolute Gasteiger partial charge is 0.130 e. The monoisotopic (exact) mass is 267 g/mol. The highest BCUT2D eigenvalue weighted by Gasteiger charge is 1.98. The van der Waals surface area contributed by atoms with Crippen LogP contribution >= 0.6 is 15.9 Å². The van der Waals surface area contributed by atoms with Crippen molar-refractivity contribution in [2.45, 2.75) is 26.2 Å². The van der Waals surface area contributed by atoms with E-state index in [-0.39, 0.29) is 0 Å². The van der Waals surface area contributed by atoms with E-state index in [4.69, 9.17) is 6.42 Å². The first-order valence-electron chi connectivity index (χ1n) is 4.91. The van der Waals surface area contributed by atoms with Gasteiger partial charge in [0, 0.05) is 19.0 Å². The van der Waals surface area contributed by atoms with Crippen LogP contribution in [0.25, 0.3) is 0 Å². The standard InChI is InChI=1S/C11H14BrN3/c1-3-4-5-6-7-13-11-8-10(12)14-9(2)15-11/h1,8H,4-7H2,2H3,(H,13,14,15). The zero-order chi connectivity index (χ0) is 11.1. The second-order valence-corrected chi connectivity index (χ2v) is 4.02. The first-order chi connectivity index (χ1) is 7.22. The molecule has 80 valence electrons. The van der Waals surface area contributed by atoms with E-state index in [0.29, 0.717) is 0 Å². The summed E-state index contributed by atoms with van der Waals surface area (Å²) in [6.45, 7) is 2.76. The van der Waals surface area contributed by atoms with E-state index in [1.54, 1.807) is 0 Å². The first kappa shape index (κ1) is 12.0. The minimum absolute atomic E-state index is 0.760. The van der Waals surface area contributed by atoms with Crippen molar-refractivity contribution in [2.24, 2.45) is 0 Å². The maximum Gasteiger partial charge on any atom is 0.130 e. The number of nitrogens with zero attached hydrogens (tertiary/aromatic N) is 2. The van der Waals surface area contributed by atoms with E-state index in [2.05, 4.69) is 37.1 Å². The molecule has 0 bridgehead atoms. The Labute approximate surface area is 98.8 Å².